The maximum atomic E-state index is 13.1. The second kappa shape index (κ2) is 8.04. The van der Waals surface area contributed by atoms with Crippen molar-refractivity contribution in [3.8, 4) is 5.69 Å². The van der Waals surface area contributed by atoms with Crippen LogP contribution in [0.1, 0.15) is 5.56 Å². The Balaban J connectivity index is 1.95. The molecule has 31 heavy (non-hydrogen) atoms. The number of aromatic nitrogens is 4. The first-order valence-electron chi connectivity index (χ1n) is 9.21. The van der Waals surface area contributed by atoms with Gasteiger partial charge in [0.15, 0.2) is 11.2 Å². The molecule has 156 valence electrons. The van der Waals surface area contributed by atoms with Crippen LogP contribution in [0.5, 0.6) is 0 Å². The van der Waals surface area contributed by atoms with Crippen molar-refractivity contribution in [1.29, 1.82) is 0 Å². The fourth-order valence-corrected chi connectivity index (χ4v) is 3.50. The van der Waals surface area contributed by atoms with Crippen LogP contribution in [0.2, 0.25) is 5.02 Å². The number of halogens is 1. The summed E-state index contributed by atoms with van der Waals surface area (Å²) >= 11 is 5.97. The number of nitro groups is 1. The molecule has 0 aliphatic rings. The van der Waals surface area contributed by atoms with Gasteiger partial charge in [0.2, 0.25) is 0 Å². The highest BCUT2D eigenvalue weighted by molar-refractivity contribution is 6.30. The van der Waals surface area contributed by atoms with Gasteiger partial charge in [-0.2, -0.15) is 0 Å². The molecule has 0 saturated carbocycles. The van der Waals surface area contributed by atoms with E-state index in [2.05, 4.69) is 11.6 Å². The average molecular weight is 438 g/mol. The fraction of sp³-hybridized carbons (Fsp3) is 0.0952. The summed E-state index contributed by atoms with van der Waals surface area (Å²) in [5.41, 5.74) is 0.369. The first-order valence-corrected chi connectivity index (χ1v) is 9.59. The van der Waals surface area contributed by atoms with E-state index in [-0.39, 0.29) is 29.9 Å². The van der Waals surface area contributed by atoms with Gasteiger partial charge >= 0.3 is 5.69 Å². The minimum atomic E-state index is -0.555. The molecule has 0 amide bonds. The second-order valence-electron chi connectivity index (χ2n) is 6.77. The molecule has 0 N–H and O–H groups in total. The molecule has 2 aromatic heterocycles. The minimum absolute atomic E-state index is 0.0170. The molecule has 10 heteroatoms. The van der Waals surface area contributed by atoms with Gasteiger partial charge in [-0.15, -0.1) is 6.58 Å². The SMILES string of the molecule is C=CCn1c(=O)c2c(ncn2Cc2cccc([N+](=O)[O-])c2)n(-c2ccc(Cl)cc2)c1=O. The normalized spacial score (nSPS) is 11.0. The Hall–Kier alpha value is -3.98. The van der Waals surface area contributed by atoms with E-state index in [4.69, 9.17) is 11.6 Å². The van der Waals surface area contributed by atoms with Crippen LogP contribution in [0.15, 0.2) is 77.1 Å². The van der Waals surface area contributed by atoms with E-state index in [1.165, 1.54) is 29.1 Å². The first kappa shape index (κ1) is 20.3. The molecule has 2 aromatic carbocycles. The molecule has 0 saturated heterocycles. The third-order valence-electron chi connectivity index (χ3n) is 4.77. The molecule has 4 rings (SSSR count). The Morgan fingerprint density at radius 2 is 1.90 bits per heavy atom. The third-order valence-corrected chi connectivity index (χ3v) is 5.02. The zero-order chi connectivity index (χ0) is 22.1. The van der Waals surface area contributed by atoms with Crippen molar-refractivity contribution >= 4 is 28.5 Å². The van der Waals surface area contributed by atoms with Gasteiger partial charge in [-0.25, -0.2) is 14.3 Å². The van der Waals surface area contributed by atoms with Crippen LogP contribution in [-0.2, 0) is 13.1 Å². The first-order chi connectivity index (χ1) is 14.9. The lowest BCUT2D eigenvalue weighted by Gasteiger charge is -2.12. The Bertz CT molecular complexity index is 1430. The summed E-state index contributed by atoms with van der Waals surface area (Å²) < 4.78 is 3.97. The standard InChI is InChI=1S/C21H16ClN5O4/c1-2-10-25-20(28)18-19(26(21(25)29)16-8-6-15(22)7-9-16)23-13-24(18)12-14-4-3-5-17(11-14)27(30)31/h2-9,11,13H,1,10,12H2. The van der Waals surface area contributed by atoms with Crippen molar-refractivity contribution < 1.29 is 4.92 Å². The van der Waals surface area contributed by atoms with Crippen molar-refractivity contribution in [1.82, 2.24) is 18.7 Å². The van der Waals surface area contributed by atoms with Crippen molar-refractivity contribution in [2.45, 2.75) is 13.1 Å². The van der Waals surface area contributed by atoms with Crippen LogP contribution in [-0.4, -0.2) is 23.6 Å². The number of hydrogen-bond donors (Lipinski definition) is 0. The monoisotopic (exact) mass is 437 g/mol. The predicted molar refractivity (Wildman–Crippen MR) is 117 cm³/mol. The molecule has 9 nitrogen and oxygen atoms in total. The molecule has 0 spiro atoms. The lowest BCUT2D eigenvalue weighted by molar-refractivity contribution is -0.384. The van der Waals surface area contributed by atoms with E-state index in [0.29, 0.717) is 16.3 Å². The molecule has 0 radical (unpaired) electrons. The number of imidazole rings is 1. The maximum absolute atomic E-state index is 13.1. The van der Waals surface area contributed by atoms with E-state index < -0.39 is 16.2 Å². The number of nitro benzene ring substituents is 1. The van der Waals surface area contributed by atoms with E-state index in [9.17, 15) is 19.7 Å². The van der Waals surface area contributed by atoms with Gasteiger partial charge in [-0.3, -0.25) is 19.5 Å². The predicted octanol–water partition coefficient (Wildman–Crippen LogP) is 3.14. The van der Waals surface area contributed by atoms with Crippen LogP contribution in [0, 0.1) is 10.1 Å². The van der Waals surface area contributed by atoms with Crippen LogP contribution in [0.3, 0.4) is 0 Å². The second-order valence-corrected chi connectivity index (χ2v) is 7.21. The number of benzene rings is 2. The average Bonchev–Trinajstić information content (AvgIpc) is 3.16. The summed E-state index contributed by atoms with van der Waals surface area (Å²) in [5.74, 6) is 0. The zero-order valence-electron chi connectivity index (χ0n) is 16.1. The van der Waals surface area contributed by atoms with E-state index in [1.54, 1.807) is 41.0 Å². The number of allylic oxidation sites excluding steroid dienone is 1. The molecule has 0 aliphatic carbocycles. The Labute approximate surface area is 180 Å². The lowest BCUT2D eigenvalue weighted by atomic mass is 10.2. The summed E-state index contributed by atoms with van der Waals surface area (Å²) in [6.45, 7) is 3.81. The quantitative estimate of drug-likeness (QED) is 0.262. The van der Waals surface area contributed by atoms with Crippen molar-refractivity contribution in [2.24, 2.45) is 0 Å². The number of rotatable bonds is 6. The molecular weight excluding hydrogens is 422 g/mol. The van der Waals surface area contributed by atoms with Crippen LogP contribution in [0.4, 0.5) is 5.69 Å². The summed E-state index contributed by atoms with van der Waals surface area (Å²) in [5, 5.41) is 11.6. The molecule has 0 aliphatic heterocycles. The van der Waals surface area contributed by atoms with Gasteiger partial charge in [-0.1, -0.05) is 29.8 Å². The zero-order valence-corrected chi connectivity index (χ0v) is 16.9. The van der Waals surface area contributed by atoms with Gasteiger partial charge in [0.05, 0.1) is 16.9 Å². The topological polar surface area (TPSA) is 105 Å². The summed E-state index contributed by atoms with van der Waals surface area (Å²) in [4.78, 5) is 41.1. The Morgan fingerprint density at radius 3 is 2.58 bits per heavy atom. The number of non-ortho nitro benzene ring substituents is 1. The molecule has 0 bridgehead atoms. The van der Waals surface area contributed by atoms with Gasteiger partial charge in [-0.05, 0) is 29.8 Å². The van der Waals surface area contributed by atoms with E-state index in [0.717, 1.165) is 4.57 Å². The van der Waals surface area contributed by atoms with Crippen molar-refractivity contribution in [3.63, 3.8) is 0 Å². The Kier molecular flexibility index (Phi) is 5.26. The minimum Gasteiger partial charge on any atom is -0.320 e. The smallest absolute Gasteiger partial charge is 0.320 e. The van der Waals surface area contributed by atoms with Crippen molar-refractivity contribution in [3.05, 3.63) is 109 Å². The van der Waals surface area contributed by atoms with Gasteiger partial charge in [0.25, 0.3) is 11.2 Å². The van der Waals surface area contributed by atoms with Crippen LogP contribution in [0.25, 0.3) is 16.9 Å². The highest BCUT2D eigenvalue weighted by atomic mass is 35.5. The third kappa shape index (κ3) is 3.66. The number of fused-ring (bicyclic) bond motifs is 1. The number of nitrogens with zero attached hydrogens (tertiary/aromatic N) is 5. The summed E-state index contributed by atoms with van der Waals surface area (Å²) in [7, 11) is 0. The van der Waals surface area contributed by atoms with Gasteiger partial charge < -0.3 is 4.57 Å². The fourth-order valence-electron chi connectivity index (χ4n) is 3.38. The van der Waals surface area contributed by atoms with Gasteiger partial charge in [0.1, 0.15) is 0 Å². The van der Waals surface area contributed by atoms with E-state index in [1.807, 2.05) is 0 Å². The maximum Gasteiger partial charge on any atom is 0.337 e. The number of hydrogen-bond acceptors (Lipinski definition) is 5. The highest BCUT2D eigenvalue weighted by Gasteiger charge is 2.19. The molecule has 0 unspecified atom stereocenters. The molecule has 0 atom stereocenters. The molecular formula is C21H16ClN5O4. The van der Waals surface area contributed by atoms with Crippen LogP contribution >= 0.6 is 11.6 Å². The molecule has 2 heterocycles. The molecule has 0 fully saturated rings. The molecule has 4 aromatic rings. The Morgan fingerprint density at radius 1 is 1.16 bits per heavy atom. The summed E-state index contributed by atoms with van der Waals surface area (Å²) in [6, 6.07) is 12.7. The lowest BCUT2D eigenvalue weighted by Crippen LogP contribution is -2.39. The van der Waals surface area contributed by atoms with E-state index >= 15 is 0 Å². The van der Waals surface area contributed by atoms with Crippen LogP contribution < -0.4 is 11.2 Å². The largest absolute Gasteiger partial charge is 0.337 e. The highest BCUT2D eigenvalue weighted by Crippen LogP contribution is 2.18. The summed E-state index contributed by atoms with van der Waals surface area (Å²) in [6.07, 6.45) is 2.90. The van der Waals surface area contributed by atoms with Gasteiger partial charge in [0, 0.05) is 30.2 Å². The van der Waals surface area contributed by atoms with Crippen molar-refractivity contribution in [2.75, 3.05) is 0 Å².